The Kier molecular flexibility index (Phi) is 3.56. The Labute approximate surface area is 116 Å². The summed E-state index contributed by atoms with van der Waals surface area (Å²) < 4.78 is 18.9. The molecule has 1 amide bonds. The summed E-state index contributed by atoms with van der Waals surface area (Å²) in [5.74, 6) is -0.264. The van der Waals surface area contributed by atoms with E-state index in [4.69, 9.17) is 4.42 Å². The number of furan rings is 1. The van der Waals surface area contributed by atoms with E-state index in [-0.39, 0.29) is 5.82 Å². The van der Waals surface area contributed by atoms with Crippen LogP contribution in [0.4, 0.5) is 4.39 Å². The zero-order valence-corrected chi connectivity index (χ0v) is 12.0. The van der Waals surface area contributed by atoms with Gasteiger partial charge in [0.2, 0.25) is 0 Å². The fourth-order valence-electron chi connectivity index (χ4n) is 2.06. The monoisotopic (exact) mass is 279 g/mol. The second-order valence-electron chi connectivity index (χ2n) is 5.49. The molecule has 0 saturated carbocycles. The second-order valence-corrected chi connectivity index (χ2v) is 5.49. The van der Waals surface area contributed by atoms with Crippen LogP contribution < -0.4 is 5.32 Å². The average Bonchev–Trinajstić information content (AvgIpc) is 2.65. The van der Waals surface area contributed by atoms with E-state index in [1.165, 1.54) is 26.0 Å². The molecule has 1 aromatic carbocycles. The SMILES string of the molecule is Cc1c([C@@H](C)NC(=O)C(C)(C)O)oc2ccc(F)cc12. The van der Waals surface area contributed by atoms with Gasteiger partial charge in [-0.1, -0.05) is 0 Å². The van der Waals surface area contributed by atoms with Gasteiger partial charge >= 0.3 is 0 Å². The first-order valence-electron chi connectivity index (χ1n) is 6.42. The van der Waals surface area contributed by atoms with Gasteiger partial charge in [-0.3, -0.25) is 4.79 Å². The maximum absolute atomic E-state index is 13.2. The highest BCUT2D eigenvalue weighted by Crippen LogP contribution is 2.30. The first-order chi connectivity index (χ1) is 9.20. The topological polar surface area (TPSA) is 62.5 Å². The van der Waals surface area contributed by atoms with Crippen molar-refractivity contribution >= 4 is 16.9 Å². The van der Waals surface area contributed by atoms with Crippen LogP contribution >= 0.6 is 0 Å². The normalized spacial score (nSPS) is 13.5. The Morgan fingerprint density at radius 3 is 2.70 bits per heavy atom. The zero-order valence-electron chi connectivity index (χ0n) is 12.0. The van der Waals surface area contributed by atoms with Crippen molar-refractivity contribution in [3.8, 4) is 0 Å². The summed E-state index contributed by atoms with van der Waals surface area (Å²) in [5, 5.41) is 13.0. The van der Waals surface area contributed by atoms with Gasteiger partial charge in [0.25, 0.3) is 5.91 Å². The van der Waals surface area contributed by atoms with Gasteiger partial charge in [0.1, 0.15) is 22.8 Å². The molecule has 5 heteroatoms. The average molecular weight is 279 g/mol. The van der Waals surface area contributed by atoms with E-state index in [1.54, 1.807) is 13.0 Å². The van der Waals surface area contributed by atoms with Crippen molar-refractivity contribution in [3.63, 3.8) is 0 Å². The van der Waals surface area contributed by atoms with Gasteiger partial charge in [0.05, 0.1) is 6.04 Å². The molecule has 20 heavy (non-hydrogen) atoms. The number of nitrogens with one attached hydrogen (secondary N) is 1. The van der Waals surface area contributed by atoms with Crippen molar-refractivity contribution in [2.45, 2.75) is 39.3 Å². The maximum atomic E-state index is 13.2. The van der Waals surface area contributed by atoms with Gasteiger partial charge in [-0.25, -0.2) is 4.39 Å². The molecule has 2 rings (SSSR count). The second kappa shape index (κ2) is 4.90. The van der Waals surface area contributed by atoms with E-state index in [9.17, 15) is 14.3 Å². The molecule has 0 fully saturated rings. The lowest BCUT2D eigenvalue weighted by Crippen LogP contribution is -2.43. The number of carbonyl (C=O) groups is 1. The molecule has 2 aromatic rings. The molecular weight excluding hydrogens is 261 g/mol. The van der Waals surface area contributed by atoms with Crippen molar-refractivity contribution in [1.29, 1.82) is 0 Å². The predicted molar refractivity (Wildman–Crippen MR) is 73.8 cm³/mol. The van der Waals surface area contributed by atoms with Crippen LogP contribution in [-0.4, -0.2) is 16.6 Å². The summed E-state index contributed by atoms with van der Waals surface area (Å²) in [7, 11) is 0. The number of benzene rings is 1. The third kappa shape index (κ3) is 2.67. The summed E-state index contributed by atoms with van der Waals surface area (Å²) in [6, 6.07) is 3.88. The lowest BCUT2D eigenvalue weighted by atomic mass is 10.1. The van der Waals surface area contributed by atoms with Gasteiger partial charge in [0.15, 0.2) is 0 Å². The van der Waals surface area contributed by atoms with Crippen LogP contribution in [0, 0.1) is 12.7 Å². The smallest absolute Gasteiger partial charge is 0.251 e. The van der Waals surface area contributed by atoms with Crippen LogP contribution in [0.5, 0.6) is 0 Å². The van der Waals surface area contributed by atoms with Crippen molar-refractivity contribution in [2.24, 2.45) is 0 Å². The molecular formula is C15H18FNO3. The molecule has 0 aliphatic rings. The van der Waals surface area contributed by atoms with E-state index in [1.807, 2.05) is 6.92 Å². The number of halogens is 1. The zero-order chi connectivity index (χ0) is 15.1. The van der Waals surface area contributed by atoms with E-state index in [2.05, 4.69) is 5.32 Å². The van der Waals surface area contributed by atoms with Crippen LogP contribution in [0.2, 0.25) is 0 Å². The minimum atomic E-state index is -1.46. The van der Waals surface area contributed by atoms with Gasteiger partial charge in [-0.15, -0.1) is 0 Å². The molecule has 0 bridgehead atoms. The number of hydrogen-bond acceptors (Lipinski definition) is 3. The van der Waals surface area contributed by atoms with Gasteiger partial charge in [-0.05, 0) is 45.9 Å². The first-order valence-corrected chi connectivity index (χ1v) is 6.42. The van der Waals surface area contributed by atoms with Gasteiger partial charge < -0.3 is 14.8 Å². The molecule has 108 valence electrons. The Hall–Kier alpha value is -1.88. The van der Waals surface area contributed by atoms with E-state index in [0.29, 0.717) is 16.7 Å². The summed E-state index contributed by atoms with van der Waals surface area (Å²) >= 11 is 0. The summed E-state index contributed by atoms with van der Waals surface area (Å²) in [5.41, 5.74) is -0.105. The minimum Gasteiger partial charge on any atom is -0.459 e. The largest absolute Gasteiger partial charge is 0.459 e. The lowest BCUT2D eigenvalue weighted by Gasteiger charge is -2.20. The van der Waals surface area contributed by atoms with Gasteiger partial charge in [0, 0.05) is 10.9 Å². The molecule has 0 aliphatic heterocycles. The van der Waals surface area contributed by atoms with Gasteiger partial charge in [-0.2, -0.15) is 0 Å². The Bertz CT molecular complexity index is 655. The third-order valence-electron chi connectivity index (χ3n) is 3.23. The third-order valence-corrected chi connectivity index (χ3v) is 3.23. The molecule has 1 heterocycles. The van der Waals surface area contributed by atoms with Crippen molar-refractivity contribution in [2.75, 3.05) is 0 Å². The number of aryl methyl sites for hydroxylation is 1. The molecule has 0 saturated heterocycles. The molecule has 2 N–H and O–H groups in total. The number of rotatable bonds is 3. The number of fused-ring (bicyclic) bond motifs is 1. The van der Waals surface area contributed by atoms with Crippen LogP contribution in [0.1, 0.15) is 38.1 Å². The quantitative estimate of drug-likeness (QED) is 0.908. The number of amides is 1. The van der Waals surface area contributed by atoms with Crippen molar-refractivity contribution < 1.29 is 18.7 Å². The molecule has 1 atom stereocenters. The predicted octanol–water partition coefficient (Wildman–Crippen LogP) is 2.83. The maximum Gasteiger partial charge on any atom is 0.251 e. The minimum absolute atomic E-state index is 0.332. The van der Waals surface area contributed by atoms with Crippen molar-refractivity contribution in [3.05, 3.63) is 35.3 Å². The summed E-state index contributed by atoms with van der Waals surface area (Å²) in [6.45, 7) is 6.39. The van der Waals surface area contributed by atoms with Crippen LogP contribution in [-0.2, 0) is 4.79 Å². The molecule has 1 aromatic heterocycles. The number of carbonyl (C=O) groups excluding carboxylic acids is 1. The summed E-state index contributed by atoms with van der Waals surface area (Å²) in [4.78, 5) is 11.8. The van der Waals surface area contributed by atoms with E-state index in [0.717, 1.165) is 5.56 Å². The highest BCUT2D eigenvalue weighted by atomic mass is 19.1. The molecule has 4 nitrogen and oxygen atoms in total. The Morgan fingerprint density at radius 2 is 2.10 bits per heavy atom. The molecule has 0 aliphatic carbocycles. The van der Waals surface area contributed by atoms with E-state index >= 15 is 0 Å². The van der Waals surface area contributed by atoms with Crippen LogP contribution in [0.3, 0.4) is 0 Å². The van der Waals surface area contributed by atoms with Crippen LogP contribution in [0.25, 0.3) is 11.0 Å². The molecule has 0 radical (unpaired) electrons. The highest BCUT2D eigenvalue weighted by Gasteiger charge is 2.27. The highest BCUT2D eigenvalue weighted by molar-refractivity contribution is 5.85. The number of aliphatic hydroxyl groups is 1. The Morgan fingerprint density at radius 1 is 1.45 bits per heavy atom. The summed E-state index contributed by atoms with van der Waals surface area (Å²) in [6.07, 6.45) is 0. The Balaban J connectivity index is 2.33. The lowest BCUT2D eigenvalue weighted by molar-refractivity contribution is -0.137. The standard InChI is InChI=1S/C15H18FNO3/c1-8-11-7-10(16)5-6-12(11)20-13(8)9(2)17-14(18)15(3,4)19/h5-7,9,19H,1-4H3,(H,17,18)/t9-/m1/s1. The molecule has 0 unspecified atom stereocenters. The number of hydrogen-bond donors (Lipinski definition) is 2. The fraction of sp³-hybridized carbons (Fsp3) is 0.400. The van der Waals surface area contributed by atoms with E-state index < -0.39 is 17.6 Å². The van der Waals surface area contributed by atoms with Crippen LogP contribution in [0.15, 0.2) is 22.6 Å². The van der Waals surface area contributed by atoms with Crippen molar-refractivity contribution in [1.82, 2.24) is 5.32 Å². The first kappa shape index (κ1) is 14.5. The fourth-order valence-corrected chi connectivity index (χ4v) is 2.06. The molecule has 0 spiro atoms.